The summed E-state index contributed by atoms with van der Waals surface area (Å²) in [5.74, 6) is -1.03. The van der Waals surface area contributed by atoms with E-state index in [1.807, 2.05) is 61.5 Å². The molecule has 1 saturated heterocycles. The summed E-state index contributed by atoms with van der Waals surface area (Å²) < 4.78 is 15.8. The number of nitrogens with zero attached hydrogens (tertiary/aromatic N) is 3. The van der Waals surface area contributed by atoms with Crippen LogP contribution in [0.15, 0.2) is 85.1 Å². The highest BCUT2D eigenvalue weighted by molar-refractivity contribution is 6.00. The predicted molar refractivity (Wildman–Crippen MR) is 137 cm³/mol. The van der Waals surface area contributed by atoms with Crippen LogP contribution in [0.4, 0.5) is 4.39 Å². The number of nitrogens with one attached hydrogen (secondary N) is 1. The molecular weight excluding hydrogens is 455 g/mol. The Hall–Kier alpha value is -4.26. The van der Waals surface area contributed by atoms with Gasteiger partial charge in [-0.3, -0.25) is 9.59 Å². The molecule has 36 heavy (non-hydrogen) atoms. The van der Waals surface area contributed by atoms with Gasteiger partial charge >= 0.3 is 0 Å². The van der Waals surface area contributed by atoms with E-state index in [0.29, 0.717) is 37.2 Å². The molecule has 5 rings (SSSR count). The number of halogens is 1. The first-order valence-corrected chi connectivity index (χ1v) is 12.1. The minimum absolute atomic E-state index is 0.0798. The fourth-order valence-corrected chi connectivity index (χ4v) is 4.59. The van der Waals surface area contributed by atoms with Crippen molar-refractivity contribution in [2.24, 2.45) is 0 Å². The molecule has 2 amide bonds. The van der Waals surface area contributed by atoms with Crippen LogP contribution in [0, 0.1) is 12.7 Å². The topological polar surface area (TPSA) is 67.2 Å². The lowest BCUT2D eigenvalue weighted by molar-refractivity contribution is 0.0693. The van der Waals surface area contributed by atoms with E-state index >= 15 is 0 Å². The summed E-state index contributed by atoms with van der Waals surface area (Å²) >= 11 is 0. The zero-order chi connectivity index (χ0) is 25.1. The fourth-order valence-electron chi connectivity index (χ4n) is 4.59. The molecule has 0 aliphatic carbocycles. The standard InChI is InChI=1S/C29H27FN4O2/c1-20-9-5-6-12-23(20)27-25(19-34(32-27)22-10-3-2-4-11-22)28(35)31-21-15-17-33(18-16-21)29(36)24-13-7-8-14-26(24)30/h2-14,19,21H,15-18H2,1H3,(H,31,35). The van der Waals surface area contributed by atoms with Gasteiger partial charge in [0.25, 0.3) is 11.8 Å². The van der Waals surface area contributed by atoms with E-state index in [4.69, 9.17) is 5.10 Å². The quantitative estimate of drug-likeness (QED) is 0.434. The third-order valence-corrected chi connectivity index (χ3v) is 6.60. The lowest BCUT2D eigenvalue weighted by atomic mass is 10.0. The summed E-state index contributed by atoms with van der Waals surface area (Å²) in [6.45, 7) is 2.90. The van der Waals surface area contributed by atoms with Crippen LogP contribution in [0.25, 0.3) is 16.9 Å². The van der Waals surface area contributed by atoms with Gasteiger partial charge in [0.1, 0.15) is 11.5 Å². The number of carbonyl (C=O) groups is 2. The van der Waals surface area contributed by atoms with Crippen molar-refractivity contribution >= 4 is 11.8 Å². The smallest absolute Gasteiger partial charge is 0.256 e. The molecule has 0 bridgehead atoms. The molecule has 1 fully saturated rings. The molecule has 0 spiro atoms. The van der Waals surface area contributed by atoms with Crippen molar-refractivity contribution < 1.29 is 14.0 Å². The highest BCUT2D eigenvalue weighted by atomic mass is 19.1. The van der Waals surface area contributed by atoms with Crippen LogP contribution < -0.4 is 5.32 Å². The van der Waals surface area contributed by atoms with Crippen molar-refractivity contribution in [3.63, 3.8) is 0 Å². The average Bonchev–Trinajstić information content (AvgIpc) is 3.35. The molecule has 182 valence electrons. The number of aryl methyl sites for hydroxylation is 1. The molecule has 1 aliphatic rings. The van der Waals surface area contributed by atoms with Crippen molar-refractivity contribution in [3.05, 3.63) is 108 Å². The first kappa shape index (κ1) is 23.5. The van der Waals surface area contributed by atoms with Crippen molar-refractivity contribution in [1.29, 1.82) is 0 Å². The fraction of sp³-hybridized carbons (Fsp3) is 0.207. The first-order valence-electron chi connectivity index (χ1n) is 12.1. The second kappa shape index (κ2) is 10.2. The van der Waals surface area contributed by atoms with E-state index in [9.17, 15) is 14.0 Å². The van der Waals surface area contributed by atoms with Gasteiger partial charge in [0.2, 0.25) is 0 Å². The van der Waals surface area contributed by atoms with E-state index in [0.717, 1.165) is 16.8 Å². The molecule has 0 atom stereocenters. The van der Waals surface area contributed by atoms with Crippen LogP contribution in [0.3, 0.4) is 0 Å². The number of hydrogen-bond acceptors (Lipinski definition) is 3. The second-order valence-corrected chi connectivity index (χ2v) is 9.01. The van der Waals surface area contributed by atoms with Crippen LogP contribution in [-0.4, -0.2) is 45.6 Å². The number of amides is 2. The van der Waals surface area contributed by atoms with Gasteiger partial charge < -0.3 is 10.2 Å². The Labute approximate surface area is 209 Å². The molecule has 1 N–H and O–H groups in total. The van der Waals surface area contributed by atoms with E-state index in [1.54, 1.807) is 27.9 Å². The number of rotatable bonds is 5. The largest absolute Gasteiger partial charge is 0.349 e. The van der Waals surface area contributed by atoms with E-state index in [1.165, 1.54) is 12.1 Å². The first-order chi connectivity index (χ1) is 17.5. The Morgan fingerprint density at radius 1 is 0.889 bits per heavy atom. The van der Waals surface area contributed by atoms with Crippen LogP contribution >= 0.6 is 0 Å². The maximum Gasteiger partial charge on any atom is 0.256 e. The zero-order valence-electron chi connectivity index (χ0n) is 20.0. The van der Waals surface area contributed by atoms with Gasteiger partial charge in [-0.1, -0.05) is 54.6 Å². The molecule has 6 nitrogen and oxygen atoms in total. The number of hydrogen-bond donors (Lipinski definition) is 1. The minimum atomic E-state index is -0.517. The van der Waals surface area contributed by atoms with E-state index in [-0.39, 0.29) is 23.4 Å². The van der Waals surface area contributed by atoms with Crippen LogP contribution in [0.5, 0.6) is 0 Å². The zero-order valence-corrected chi connectivity index (χ0v) is 20.0. The Balaban J connectivity index is 1.33. The maximum absolute atomic E-state index is 14.0. The van der Waals surface area contributed by atoms with Gasteiger partial charge in [-0.15, -0.1) is 0 Å². The van der Waals surface area contributed by atoms with Gasteiger partial charge in [-0.25, -0.2) is 9.07 Å². The molecule has 7 heteroatoms. The Morgan fingerprint density at radius 3 is 2.28 bits per heavy atom. The highest BCUT2D eigenvalue weighted by Gasteiger charge is 2.28. The third kappa shape index (κ3) is 4.77. The maximum atomic E-state index is 14.0. The van der Waals surface area contributed by atoms with Crippen molar-refractivity contribution in [2.45, 2.75) is 25.8 Å². The number of likely N-dealkylation sites (tertiary alicyclic amines) is 1. The number of carbonyl (C=O) groups excluding carboxylic acids is 2. The molecule has 0 unspecified atom stereocenters. The summed E-state index contributed by atoms with van der Waals surface area (Å²) in [4.78, 5) is 27.8. The van der Waals surface area contributed by atoms with Crippen LogP contribution in [0.2, 0.25) is 0 Å². The summed E-state index contributed by atoms with van der Waals surface area (Å²) in [7, 11) is 0. The highest BCUT2D eigenvalue weighted by Crippen LogP contribution is 2.27. The molecule has 0 saturated carbocycles. The molecule has 0 radical (unpaired) electrons. The molecule has 1 aromatic heterocycles. The van der Waals surface area contributed by atoms with Gasteiger partial charge in [0, 0.05) is 30.9 Å². The number of para-hydroxylation sites is 1. The number of aromatic nitrogens is 2. The van der Waals surface area contributed by atoms with Crippen molar-refractivity contribution in [3.8, 4) is 16.9 Å². The van der Waals surface area contributed by atoms with Gasteiger partial charge in [0.05, 0.1) is 16.8 Å². The van der Waals surface area contributed by atoms with Crippen LogP contribution in [0.1, 0.15) is 39.1 Å². The van der Waals surface area contributed by atoms with Gasteiger partial charge in [-0.2, -0.15) is 5.10 Å². The summed E-state index contributed by atoms with van der Waals surface area (Å²) in [6, 6.07) is 23.5. The Bertz CT molecular complexity index is 1390. The summed E-state index contributed by atoms with van der Waals surface area (Å²) in [5.41, 5.74) is 4.01. The third-order valence-electron chi connectivity index (χ3n) is 6.60. The van der Waals surface area contributed by atoms with Crippen molar-refractivity contribution in [1.82, 2.24) is 20.0 Å². The normalized spacial score (nSPS) is 14.0. The molecule has 3 aromatic carbocycles. The summed E-state index contributed by atoms with van der Waals surface area (Å²) in [5, 5.41) is 7.91. The van der Waals surface area contributed by atoms with E-state index in [2.05, 4.69) is 5.32 Å². The SMILES string of the molecule is Cc1ccccc1-c1nn(-c2ccccc2)cc1C(=O)NC1CCN(C(=O)c2ccccc2F)CC1. The second-order valence-electron chi connectivity index (χ2n) is 9.01. The van der Waals surface area contributed by atoms with Gasteiger partial charge in [0.15, 0.2) is 0 Å². The van der Waals surface area contributed by atoms with Gasteiger partial charge in [-0.05, 0) is 49.6 Å². The Morgan fingerprint density at radius 2 is 1.56 bits per heavy atom. The molecular formula is C29H27FN4O2. The lowest BCUT2D eigenvalue weighted by Crippen LogP contribution is -2.46. The molecule has 2 heterocycles. The number of piperidine rings is 1. The lowest BCUT2D eigenvalue weighted by Gasteiger charge is -2.32. The van der Waals surface area contributed by atoms with E-state index < -0.39 is 5.82 Å². The predicted octanol–water partition coefficient (Wildman–Crippen LogP) is 5.02. The minimum Gasteiger partial charge on any atom is -0.349 e. The summed E-state index contributed by atoms with van der Waals surface area (Å²) in [6.07, 6.45) is 2.96. The monoisotopic (exact) mass is 482 g/mol. The van der Waals surface area contributed by atoms with Crippen molar-refractivity contribution in [2.75, 3.05) is 13.1 Å². The molecule has 1 aliphatic heterocycles. The average molecular weight is 483 g/mol. The molecule has 4 aromatic rings. The van der Waals surface area contributed by atoms with Crippen LogP contribution in [-0.2, 0) is 0 Å². The number of benzene rings is 3. The Kier molecular flexibility index (Phi) is 6.62.